The van der Waals surface area contributed by atoms with E-state index in [1.54, 1.807) is 42.1 Å². The number of carbonyl (C=O) groups is 2. The van der Waals surface area contributed by atoms with Crippen LogP contribution in [0.2, 0.25) is 0 Å². The van der Waals surface area contributed by atoms with Gasteiger partial charge in [-0.25, -0.2) is 4.98 Å². The highest BCUT2D eigenvalue weighted by Gasteiger charge is 2.17. The van der Waals surface area contributed by atoms with Gasteiger partial charge in [-0.2, -0.15) is 9.78 Å². The fourth-order valence-electron chi connectivity index (χ4n) is 3.29. The van der Waals surface area contributed by atoms with Gasteiger partial charge in [0, 0.05) is 18.9 Å². The summed E-state index contributed by atoms with van der Waals surface area (Å²) in [5.74, 6) is 1.32. The van der Waals surface area contributed by atoms with E-state index in [9.17, 15) is 9.59 Å². The van der Waals surface area contributed by atoms with Gasteiger partial charge in [0.15, 0.2) is 5.78 Å². The van der Waals surface area contributed by atoms with Crippen molar-refractivity contribution in [2.75, 3.05) is 19.5 Å². The first kappa shape index (κ1) is 21.5. The van der Waals surface area contributed by atoms with E-state index in [-0.39, 0.29) is 24.5 Å². The number of aromatic nitrogens is 3. The standard InChI is InChI=1S/C23H22N4O4S/c1-14-12-21(25-22(29)11-10-18(28)16-6-4-5-7-19(16)31-3)27(26-14)23-24-17-9-8-15(30-2)13-20(17)32-23/h4-9,12-13H,10-11H2,1-3H3,(H,25,29). The number of nitrogens with zero attached hydrogens (tertiary/aromatic N) is 3. The number of thiazole rings is 1. The number of hydrogen-bond donors (Lipinski definition) is 1. The Balaban J connectivity index is 1.48. The molecule has 0 radical (unpaired) electrons. The Kier molecular flexibility index (Phi) is 6.18. The lowest BCUT2D eigenvalue weighted by molar-refractivity contribution is -0.116. The summed E-state index contributed by atoms with van der Waals surface area (Å²) in [4.78, 5) is 29.7. The lowest BCUT2D eigenvalue weighted by Gasteiger charge is -2.08. The highest BCUT2D eigenvalue weighted by molar-refractivity contribution is 7.20. The molecule has 0 atom stereocenters. The van der Waals surface area contributed by atoms with Crippen LogP contribution >= 0.6 is 11.3 Å². The third-order valence-corrected chi connectivity index (χ3v) is 5.84. The van der Waals surface area contributed by atoms with Crippen LogP contribution in [0.5, 0.6) is 11.5 Å². The molecule has 2 aromatic carbocycles. The van der Waals surface area contributed by atoms with E-state index in [0.29, 0.717) is 22.3 Å². The van der Waals surface area contributed by atoms with E-state index >= 15 is 0 Å². The maximum absolute atomic E-state index is 12.6. The average Bonchev–Trinajstić information content (AvgIpc) is 3.39. The largest absolute Gasteiger partial charge is 0.497 e. The molecule has 164 valence electrons. The highest BCUT2D eigenvalue weighted by Crippen LogP contribution is 2.30. The summed E-state index contributed by atoms with van der Waals surface area (Å²) in [6.45, 7) is 1.84. The van der Waals surface area contributed by atoms with Crippen molar-refractivity contribution in [2.45, 2.75) is 19.8 Å². The molecule has 8 nitrogen and oxygen atoms in total. The van der Waals surface area contributed by atoms with Crippen LogP contribution in [0.3, 0.4) is 0 Å². The van der Waals surface area contributed by atoms with Crippen molar-refractivity contribution in [3.63, 3.8) is 0 Å². The second kappa shape index (κ2) is 9.19. The summed E-state index contributed by atoms with van der Waals surface area (Å²) in [6, 6.07) is 14.4. The van der Waals surface area contributed by atoms with Crippen molar-refractivity contribution >= 4 is 39.1 Å². The number of aryl methyl sites for hydroxylation is 1. The molecule has 0 saturated carbocycles. The van der Waals surface area contributed by atoms with Gasteiger partial charge in [0.2, 0.25) is 11.0 Å². The van der Waals surface area contributed by atoms with Crippen molar-refractivity contribution in [1.82, 2.24) is 14.8 Å². The van der Waals surface area contributed by atoms with Gasteiger partial charge in [-0.05, 0) is 37.3 Å². The average molecular weight is 451 g/mol. The van der Waals surface area contributed by atoms with Crippen molar-refractivity contribution in [2.24, 2.45) is 0 Å². The number of fused-ring (bicyclic) bond motifs is 1. The molecule has 0 spiro atoms. The normalized spacial score (nSPS) is 10.8. The summed E-state index contributed by atoms with van der Waals surface area (Å²) >= 11 is 1.44. The van der Waals surface area contributed by atoms with Crippen LogP contribution in [0.25, 0.3) is 15.3 Å². The fraction of sp³-hybridized carbons (Fsp3) is 0.217. The number of Topliss-reactive ketones (excluding diaryl/α,β-unsaturated/α-hetero) is 1. The number of benzene rings is 2. The molecule has 32 heavy (non-hydrogen) atoms. The van der Waals surface area contributed by atoms with Gasteiger partial charge in [0.1, 0.15) is 17.3 Å². The molecule has 0 unspecified atom stereocenters. The predicted octanol–water partition coefficient (Wildman–Crippen LogP) is 4.41. The zero-order valence-corrected chi connectivity index (χ0v) is 18.7. The van der Waals surface area contributed by atoms with Gasteiger partial charge in [-0.3, -0.25) is 9.59 Å². The van der Waals surface area contributed by atoms with Crippen LogP contribution in [0.15, 0.2) is 48.5 Å². The number of methoxy groups -OCH3 is 2. The van der Waals surface area contributed by atoms with Crippen molar-refractivity contribution in [1.29, 1.82) is 0 Å². The molecule has 0 bridgehead atoms. The molecular weight excluding hydrogens is 428 g/mol. The summed E-state index contributed by atoms with van der Waals surface area (Å²) in [6.07, 6.45) is 0.110. The monoisotopic (exact) mass is 450 g/mol. The molecule has 2 aromatic heterocycles. The third-order valence-electron chi connectivity index (χ3n) is 4.85. The summed E-state index contributed by atoms with van der Waals surface area (Å²) < 4.78 is 13.1. The third kappa shape index (κ3) is 4.47. The first-order chi connectivity index (χ1) is 15.5. The summed E-state index contributed by atoms with van der Waals surface area (Å²) in [7, 11) is 3.13. The van der Waals surface area contributed by atoms with E-state index < -0.39 is 0 Å². The number of ether oxygens (including phenoxy) is 2. The van der Waals surface area contributed by atoms with Crippen LogP contribution in [-0.2, 0) is 4.79 Å². The Morgan fingerprint density at radius 1 is 1.06 bits per heavy atom. The van der Waals surface area contributed by atoms with Gasteiger partial charge in [0.25, 0.3) is 0 Å². The second-order valence-corrected chi connectivity index (χ2v) is 8.09. The smallest absolute Gasteiger partial charge is 0.225 e. The number of carbonyl (C=O) groups excluding carboxylic acids is 2. The van der Waals surface area contributed by atoms with Crippen molar-refractivity contribution in [3.8, 4) is 16.6 Å². The number of ketones is 1. The molecule has 0 aliphatic carbocycles. The number of para-hydroxylation sites is 1. The lowest BCUT2D eigenvalue weighted by Crippen LogP contribution is -2.16. The Morgan fingerprint density at radius 3 is 2.66 bits per heavy atom. The van der Waals surface area contributed by atoms with E-state index in [1.165, 1.54) is 18.4 Å². The van der Waals surface area contributed by atoms with Crippen LogP contribution in [-0.4, -0.2) is 40.7 Å². The van der Waals surface area contributed by atoms with Gasteiger partial charge in [0.05, 0.1) is 35.7 Å². The molecule has 0 aliphatic heterocycles. The van der Waals surface area contributed by atoms with Crippen LogP contribution < -0.4 is 14.8 Å². The molecular formula is C23H22N4O4S. The first-order valence-electron chi connectivity index (χ1n) is 9.96. The van der Waals surface area contributed by atoms with Gasteiger partial charge in [-0.15, -0.1) is 0 Å². The molecule has 0 aliphatic rings. The summed E-state index contributed by atoms with van der Waals surface area (Å²) in [5, 5.41) is 7.95. The van der Waals surface area contributed by atoms with Crippen LogP contribution in [0, 0.1) is 6.92 Å². The Labute approximate surface area is 188 Å². The number of rotatable bonds is 8. The zero-order valence-electron chi connectivity index (χ0n) is 17.9. The Bertz CT molecular complexity index is 1290. The first-order valence-corrected chi connectivity index (χ1v) is 10.8. The van der Waals surface area contributed by atoms with Crippen LogP contribution in [0.4, 0.5) is 5.82 Å². The van der Waals surface area contributed by atoms with Gasteiger partial charge < -0.3 is 14.8 Å². The number of hydrogen-bond acceptors (Lipinski definition) is 7. The topological polar surface area (TPSA) is 95.3 Å². The summed E-state index contributed by atoms with van der Waals surface area (Å²) in [5.41, 5.74) is 2.02. The minimum Gasteiger partial charge on any atom is -0.497 e. The number of nitrogens with one attached hydrogen (secondary N) is 1. The van der Waals surface area contributed by atoms with E-state index in [0.717, 1.165) is 21.7 Å². The zero-order chi connectivity index (χ0) is 22.7. The van der Waals surface area contributed by atoms with E-state index in [4.69, 9.17) is 9.47 Å². The highest BCUT2D eigenvalue weighted by atomic mass is 32.1. The Morgan fingerprint density at radius 2 is 1.88 bits per heavy atom. The quantitative estimate of drug-likeness (QED) is 0.400. The minimum atomic E-state index is -0.280. The molecule has 0 fully saturated rings. The molecule has 4 rings (SSSR count). The maximum atomic E-state index is 12.6. The molecule has 4 aromatic rings. The van der Waals surface area contributed by atoms with Crippen molar-refractivity contribution < 1.29 is 19.1 Å². The van der Waals surface area contributed by atoms with Gasteiger partial charge in [-0.1, -0.05) is 23.5 Å². The Hall–Kier alpha value is -3.72. The molecule has 9 heteroatoms. The van der Waals surface area contributed by atoms with E-state index in [2.05, 4.69) is 15.4 Å². The second-order valence-electron chi connectivity index (χ2n) is 7.08. The SMILES string of the molecule is COc1ccc2nc(-n3nc(C)cc3NC(=O)CCC(=O)c3ccccc3OC)sc2c1. The fourth-order valence-corrected chi connectivity index (χ4v) is 4.25. The molecule has 1 amide bonds. The maximum Gasteiger partial charge on any atom is 0.225 e. The number of anilines is 1. The van der Waals surface area contributed by atoms with Crippen molar-refractivity contribution in [3.05, 3.63) is 59.8 Å². The lowest BCUT2D eigenvalue weighted by atomic mass is 10.1. The number of amides is 1. The van der Waals surface area contributed by atoms with E-state index in [1.807, 2.05) is 25.1 Å². The molecule has 1 N–H and O–H groups in total. The van der Waals surface area contributed by atoms with Crippen LogP contribution in [0.1, 0.15) is 28.9 Å². The molecule has 0 saturated heterocycles. The minimum absolute atomic E-state index is 0.0398. The molecule has 2 heterocycles. The van der Waals surface area contributed by atoms with Gasteiger partial charge >= 0.3 is 0 Å². The predicted molar refractivity (Wildman–Crippen MR) is 123 cm³/mol.